The van der Waals surface area contributed by atoms with Gasteiger partial charge in [0.2, 0.25) is 0 Å². The van der Waals surface area contributed by atoms with E-state index in [0.29, 0.717) is 5.56 Å². The van der Waals surface area contributed by atoms with Crippen LogP contribution in [0.4, 0.5) is 8.78 Å². The lowest BCUT2D eigenvalue weighted by Gasteiger charge is -2.02. The zero-order valence-corrected chi connectivity index (χ0v) is 8.17. The molecule has 0 unspecified atom stereocenters. The van der Waals surface area contributed by atoms with Crippen LogP contribution in [0.15, 0.2) is 24.4 Å². The van der Waals surface area contributed by atoms with Crippen molar-refractivity contribution >= 4 is 0 Å². The SMILES string of the molecule is N#CCc1c[nH]nc1-c1c(F)cccc1F. The molecule has 0 radical (unpaired) electrons. The van der Waals surface area contributed by atoms with Crippen LogP contribution in [0.5, 0.6) is 0 Å². The number of nitrogens with zero attached hydrogens (tertiary/aromatic N) is 2. The van der Waals surface area contributed by atoms with Gasteiger partial charge >= 0.3 is 0 Å². The van der Waals surface area contributed by atoms with E-state index >= 15 is 0 Å². The normalized spacial score (nSPS) is 10.1. The molecule has 2 rings (SSSR count). The molecule has 1 aromatic carbocycles. The molecule has 0 spiro atoms. The highest BCUT2D eigenvalue weighted by Gasteiger charge is 2.16. The van der Waals surface area contributed by atoms with Gasteiger partial charge in [-0.1, -0.05) is 6.07 Å². The van der Waals surface area contributed by atoms with E-state index in [0.717, 1.165) is 12.1 Å². The van der Waals surface area contributed by atoms with E-state index in [4.69, 9.17) is 5.26 Å². The third-order valence-corrected chi connectivity index (χ3v) is 2.19. The second kappa shape index (κ2) is 4.11. The molecule has 1 N–H and O–H groups in total. The van der Waals surface area contributed by atoms with Crippen molar-refractivity contribution in [2.24, 2.45) is 0 Å². The van der Waals surface area contributed by atoms with Crippen LogP contribution in [0.3, 0.4) is 0 Å². The number of benzene rings is 1. The quantitative estimate of drug-likeness (QED) is 0.843. The lowest BCUT2D eigenvalue weighted by molar-refractivity contribution is 0.588. The van der Waals surface area contributed by atoms with Crippen LogP contribution >= 0.6 is 0 Å². The van der Waals surface area contributed by atoms with Gasteiger partial charge in [0.05, 0.1) is 18.1 Å². The summed E-state index contributed by atoms with van der Waals surface area (Å²) >= 11 is 0. The Balaban J connectivity index is 2.59. The first-order valence-electron chi connectivity index (χ1n) is 4.58. The molecule has 3 nitrogen and oxygen atoms in total. The largest absolute Gasteiger partial charge is 0.285 e. The van der Waals surface area contributed by atoms with E-state index < -0.39 is 11.6 Å². The number of hydrogen-bond donors (Lipinski definition) is 1. The zero-order chi connectivity index (χ0) is 11.5. The van der Waals surface area contributed by atoms with Crippen molar-refractivity contribution in [3.63, 3.8) is 0 Å². The topological polar surface area (TPSA) is 52.5 Å². The van der Waals surface area contributed by atoms with Crippen molar-refractivity contribution in [2.45, 2.75) is 6.42 Å². The Bertz CT molecular complexity index is 534. The third kappa shape index (κ3) is 1.65. The van der Waals surface area contributed by atoms with Crippen LogP contribution in [0, 0.1) is 23.0 Å². The second-order valence-electron chi connectivity index (χ2n) is 3.19. The molecule has 0 saturated heterocycles. The molecule has 80 valence electrons. The van der Waals surface area contributed by atoms with Crippen LogP contribution in [-0.4, -0.2) is 10.2 Å². The van der Waals surface area contributed by atoms with Crippen LogP contribution in [0.2, 0.25) is 0 Å². The van der Waals surface area contributed by atoms with Gasteiger partial charge in [0.25, 0.3) is 0 Å². The maximum Gasteiger partial charge on any atom is 0.135 e. The molecule has 0 amide bonds. The fraction of sp³-hybridized carbons (Fsp3) is 0.0909. The summed E-state index contributed by atoms with van der Waals surface area (Å²) in [6.07, 6.45) is 1.52. The van der Waals surface area contributed by atoms with Crippen molar-refractivity contribution in [1.29, 1.82) is 5.26 Å². The molecular weight excluding hydrogens is 212 g/mol. The minimum atomic E-state index is -0.689. The monoisotopic (exact) mass is 219 g/mol. The first-order valence-corrected chi connectivity index (χ1v) is 4.58. The molecule has 1 heterocycles. The summed E-state index contributed by atoms with van der Waals surface area (Å²) in [5.74, 6) is -1.38. The molecule has 5 heteroatoms. The average molecular weight is 219 g/mol. The van der Waals surface area contributed by atoms with Gasteiger partial charge in [-0.15, -0.1) is 0 Å². The first-order chi connectivity index (χ1) is 7.74. The van der Waals surface area contributed by atoms with E-state index in [1.807, 2.05) is 6.07 Å². The summed E-state index contributed by atoms with van der Waals surface area (Å²) in [4.78, 5) is 0. The van der Waals surface area contributed by atoms with Crippen molar-refractivity contribution in [3.05, 3.63) is 41.6 Å². The minimum Gasteiger partial charge on any atom is -0.285 e. The van der Waals surface area contributed by atoms with Crippen molar-refractivity contribution < 1.29 is 8.78 Å². The third-order valence-electron chi connectivity index (χ3n) is 2.19. The number of halogens is 2. The first kappa shape index (κ1) is 10.3. The number of aromatic nitrogens is 2. The molecule has 0 aliphatic heterocycles. The van der Waals surface area contributed by atoms with Gasteiger partial charge in [0.1, 0.15) is 17.3 Å². The van der Waals surface area contributed by atoms with Crippen LogP contribution in [-0.2, 0) is 6.42 Å². The molecule has 0 aliphatic rings. The van der Waals surface area contributed by atoms with Gasteiger partial charge in [-0.3, -0.25) is 5.10 Å². The van der Waals surface area contributed by atoms with E-state index in [9.17, 15) is 8.78 Å². The highest BCUT2D eigenvalue weighted by Crippen LogP contribution is 2.26. The number of nitriles is 1. The Labute approximate surface area is 90.3 Å². The zero-order valence-electron chi connectivity index (χ0n) is 8.17. The second-order valence-corrected chi connectivity index (χ2v) is 3.19. The van der Waals surface area contributed by atoms with E-state index in [1.54, 1.807) is 0 Å². The Kier molecular flexibility index (Phi) is 2.64. The van der Waals surface area contributed by atoms with Crippen LogP contribution in [0.1, 0.15) is 5.56 Å². The minimum absolute atomic E-state index is 0.0552. The maximum absolute atomic E-state index is 13.5. The highest BCUT2D eigenvalue weighted by atomic mass is 19.1. The van der Waals surface area contributed by atoms with Gasteiger partial charge in [-0.05, 0) is 12.1 Å². The van der Waals surface area contributed by atoms with Crippen molar-refractivity contribution in [3.8, 4) is 17.3 Å². The molecule has 0 aliphatic carbocycles. The molecule has 1 aromatic heterocycles. The van der Waals surface area contributed by atoms with Crippen LogP contribution in [0.25, 0.3) is 11.3 Å². The predicted octanol–water partition coefficient (Wildman–Crippen LogP) is 2.42. The summed E-state index contributed by atoms with van der Waals surface area (Å²) in [5.41, 5.74) is 0.428. The number of nitrogens with one attached hydrogen (secondary N) is 1. The number of H-pyrrole nitrogens is 1. The average Bonchev–Trinajstić information content (AvgIpc) is 2.67. The molecule has 0 atom stereocenters. The Morgan fingerprint density at radius 1 is 1.31 bits per heavy atom. The van der Waals surface area contributed by atoms with E-state index in [-0.39, 0.29) is 17.7 Å². The molecule has 0 fully saturated rings. The predicted molar refractivity (Wildman–Crippen MR) is 53.3 cm³/mol. The summed E-state index contributed by atoms with van der Waals surface area (Å²) in [5, 5.41) is 14.8. The molecule has 0 saturated carbocycles. The number of rotatable bonds is 2. The van der Waals surface area contributed by atoms with E-state index in [2.05, 4.69) is 10.2 Å². The smallest absolute Gasteiger partial charge is 0.135 e. The summed E-state index contributed by atoms with van der Waals surface area (Å²) in [6, 6.07) is 5.51. The summed E-state index contributed by atoms with van der Waals surface area (Å²) in [7, 11) is 0. The molecule has 16 heavy (non-hydrogen) atoms. The maximum atomic E-state index is 13.5. The lowest BCUT2D eigenvalue weighted by Crippen LogP contribution is -1.93. The van der Waals surface area contributed by atoms with Gasteiger partial charge in [0.15, 0.2) is 0 Å². The summed E-state index contributed by atoms with van der Waals surface area (Å²) < 4.78 is 26.9. The fourth-order valence-corrected chi connectivity index (χ4v) is 1.48. The van der Waals surface area contributed by atoms with E-state index in [1.165, 1.54) is 12.3 Å². The summed E-state index contributed by atoms with van der Waals surface area (Å²) in [6.45, 7) is 0. The van der Waals surface area contributed by atoms with Crippen molar-refractivity contribution in [1.82, 2.24) is 10.2 Å². The lowest BCUT2D eigenvalue weighted by atomic mass is 10.1. The number of hydrogen-bond acceptors (Lipinski definition) is 2. The Morgan fingerprint density at radius 2 is 2.00 bits per heavy atom. The van der Waals surface area contributed by atoms with Crippen LogP contribution < -0.4 is 0 Å². The van der Waals surface area contributed by atoms with Crippen molar-refractivity contribution in [2.75, 3.05) is 0 Å². The Hall–Kier alpha value is -2.22. The standard InChI is InChI=1S/C11H7F2N3/c12-8-2-1-3-9(13)10(8)11-7(4-5-14)6-15-16-11/h1-3,6H,4H2,(H,15,16). The van der Waals surface area contributed by atoms with Gasteiger partial charge < -0.3 is 0 Å². The van der Waals surface area contributed by atoms with Gasteiger partial charge in [-0.2, -0.15) is 10.4 Å². The highest BCUT2D eigenvalue weighted by molar-refractivity contribution is 5.64. The Morgan fingerprint density at radius 3 is 2.62 bits per heavy atom. The van der Waals surface area contributed by atoms with Gasteiger partial charge in [-0.25, -0.2) is 8.78 Å². The molecule has 0 bridgehead atoms. The molecular formula is C11H7F2N3. The van der Waals surface area contributed by atoms with Gasteiger partial charge in [0, 0.05) is 11.8 Å². The fourth-order valence-electron chi connectivity index (χ4n) is 1.48. The number of aromatic amines is 1. The molecule has 2 aromatic rings.